The largest absolute Gasteiger partial charge is 0.495 e. The first-order chi connectivity index (χ1) is 14.9. The first kappa shape index (κ1) is 27.0. The van der Waals surface area contributed by atoms with Crippen molar-refractivity contribution in [3.63, 3.8) is 0 Å². The highest BCUT2D eigenvalue weighted by Gasteiger charge is 2.31. The number of piperazine rings is 1. The maximum atomic E-state index is 13.4. The molecule has 2 unspecified atom stereocenters. The number of unbranched alkanes of at least 4 members (excludes halogenated alkanes) is 1. The van der Waals surface area contributed by atoms with Gasteiger partial charge in [0, 0.05) is 43.3 Å². The minimum absolute atomic E-state index is 0.130. The molecular weight excluding hydrogens is 386 g/mol. The van der Waals surface area contributed by atoms with Crippen LogP contribution in [0.4, 0.5) is 0 Å². The monoisotopic (exact) mass is 431 g/mol. The van der Waals surface area contributed by atoms with Crippen LogP contribution in [0.25, 0.3) is 10.9 Å². The van der Waals surface area contributed by atoms with Crippen LogP contribution in [-0.2, 0) is 6.54 Å². The summed E-state index contributed by atoms with van der Waals surface area (Å²) >= 11 is 0. The number of fused-ring (bicyclic) bond motifs is 1. The summed E-state index contributed by atoms with van der Waals surface area (Å²) in [6.07, 6.45) is 5.47. The number of aromatic nitrogens is 1. The lowest BCUT2D eigenvalue weighted by molar-refractivity contribution is 0.0415. The molecule has 2 aromatic rings. The molecule has 0 aliphatic carbocycles. The van der Waals surface area contributed by atoms with Gasteiger partial charge in [0.2, 0.25) is 0 Å². The van der Waals surface area contributed by atoms with Crippen molar-refractivity contribution in [2.24, 2.45) is 0 Å². The smallest absolute Gasteiger partial charge is 0.256 e. The number of amides is 1. The molecular formula is C26H45N3O2. The number of carbonyl (C=O) groups excluding carboxylic acids is 1. The van der Waals surface area contributed by atoms with Crippen LogP contribution in [0.1, 0.15) is 78.1 Å². The van der Waals surface area contributed by atoms with E-state index in [1.54, 1.807) is 7.11 Å². The normalized spacial score (nSPS) is 18.7. The van der Waals surface area contributed by atoms with Crippen molar-refractivity contribution in [2.45, 2.75) is 86.4 Å². The molecule has 5 nitrogen and oxygen atoms in total. The highest BCUT2D eigenvalue weighted by atomic mass is 16.5. The van der Waals surface area contributed by atoms with Crippen LogP contribution in [0.2, 0.25) is 0 Å². The SMILES string of the molecule is CC.CCC.CCCCn1cc(C(=O)N2CC(C)N(C)C(C)C2)c2cccc(OC)c21. The van der Waals surface area contributed by atoms with Gasteiger partial charge in [-0.1, -0.05) is 59.6 Å². The van der Waals surface area contributed by atoms with E-state index in [2.05, 4.69) is 51.1 Å². The van der Waals surface area contributed by atoms with E-state index in [4.69, 9.17) is 4.74 Å². The fraction of sp³-hybridized carbons (Fsp3) is 0.654. The maximum absolute atomic E-state index is 13.4. The standard InChI is InChI=1S/C21H31N3O2.C3H8.C2H6/c1-6-7-11-23-14-18(17-9-8-10-19(26-5)20(17)23)21(25)24-12-15(2)22(4)16(3)13-24;1-3-2;1-2/h8-10,14-16H,6-7,11-13H2,1-5H3;3H2,1-2H3;1-2H3. The third-order valence-electron chi connectivity index (χ3n) is 5.71. The second kappa shape index (κ2) is 13.4. The Morgan fingerprint density at radius 1 is 1.10 bits per heavy atom. The molecule has 1 amide bonds. The molecule has 1 aromatic heterocycles. The summed E-state index contributed by atoms with van der Waals surface area (Å²) < 4.78 is 7.77. The van der Waals surface area contributed by atoms with Crippen molar-refractivity contribution in [2.75, 3.05) is 27.2 Å². The molecule has 0 bridgehead atoms. The van der Waals surface area contributed by atoms with E-state index in [0.29, 0.717) is 12.1 Å². The van der Waals surface area contributed by atoms with Crippen LogP contribution in [-0.4, -0.2) is 59.6 Å². The van der Waals surface area contributed by atoms with Crippen molar-refractivity contribution in [1.29, 1.82) is 0 Å². The summed E-state index contributed by atoms with van der Waals surface area (Å²) in [6, 6.07) is 6.71. The van der Waals surface area contributed by atoms with Gasteiger partial charge < -0.3 is 14.2 Å². The number of likely N-dealkylation sites (N-methyl/N-ethyl adjacent to an activating group) is 1. The van der Waals surface area contributed by atoms with E-state index < -0.39 is 0 Å². The second-order valence-electron chi connectivity index (χ2n) is 8.23. The zero-order valence-corrected chi connectivity index (χ0v) is 21.4. The van der Waals surface area contributed by atoms with E-state index >= 15 is 0 Å². The number of hydrogen-bond donors (Lipinski definition) is 0. The summed E-state index contributed by atoms with van der Waals surface area (Å²) in [4.78, 5) is 17.7. The Morgan fingerprint density at radius 2 is 1.68 bits per heavy atom. The van der Waals surface area contributed by atoms with Crippen LogP contribution >= 0.6 is 0 Å². The molecule has 0 saturated carbocycles. The Morgan fingerprint density at radius 3 is 2.19 bits per heavy atom. The fourth-order valence-electron chi connectivity index (χ4n) is 3.91. The molecule has 0 spiro atoms. The Balaban J connectivity index is 0.000000884. The van der Waals surface area contributed by atoms with Gasteiger partial charge in [0.15, 0.2) is 0 Å². The van der Waals surface area contributed by atoms with E-state index in [9.17, 15) is 4.79 Å². The predicted molar refractivity (Wildman–Crippen MR) is 133 cm³/mol. The molecule has 176 valence electrons. The molecule has 1 fully saturated rings. The number of ether oxygens (including phenoxy) is 1. The van der Waals surface area contributed by atoms with Gasteiger partial charge in [0.05, 0.1) is 18.2 Å². The lowest BCUT2D eigenvalue weighted by Crippen LogP contribution is -2.56. The number of rotatable bonds is 5. The Hall–Kier alpha value is -2.01. The number of hydrogen-bond acceptors (Lipinski definition) is 3. The first-order valence-corrected chi connectivity index (χ1v) is 12.1. The Kier molecular flexibility index (Phi) is 11.7. The molecule has 0 radical (unpaired) electrons. The Labute approximate surface area is 190 Å². The molecule has 1 aliphatic rings. The number of benzene rings is 1. The lowest BCUT2D eigenvalue weighted by atomic mass is 10.1. The fourth-order valence-corrected chi connectivity index (χ4v) is 3.91. The highest BCUT2D eigenvalue weighted by molar-refractivity contribution is 6.08. The molecule has 1 aromatic carbocycles. The minimum atomic E-state index is 0.130. The summed E-state index contributed by atoms with van der Waals surface area (Å²) in [5.41, 5.74) is 1.82. The molecule has 2 atom stereocenters. The van der Waals surface area contributed by atoms with Crippen molar-refractivity contribution < 1.29 is 9.53 Å². The van der Waals surface area contributed by atoms with Gasteiger partial charge in [0.25, 0.3) is 5.91 Å². The number of aryl methyl sites for hydroxylation is 1. The molecule has 1 aliphatic heterocycles. The van der Waals surface area contributed by atoms with Gasteiger partial charge >= 0.3 is 0 Å². The number of carbonyl (C=O) groups is 1. The predicted octanol–water partition coefficient (Wildman–Crippen LogP) is 6.06. The average molecular weight is 432 g/mol. The van der Waals surface area contributed by atoms with Crippen molar-refractivity contribution in [1.82, 2.24) is 14.4 Å². The molecule has 2 heterocycles. The summed E-state index contributed by atoms with van der Waals surface area (Å²) in [5.74, 6) is 0.961. The van der Waals surface area contributed by atoms with Crippen molar-refractivity contribution in [3.05, 3.63) is 30.0 Å². The van der Waals surface area contributed by atoms with E-state index in [0.717, 1.165) is 54.7 Å². The maximum Gasteiger partial charge on any atom is 0.256 e. The number of methoxy groups -OCH3 is 1. The molecule has 31 heavy (non-hydrogen) atoms. The van der Waals surface area contributed by atoms with Crippen molar-refractivity contribution >= 4 is 16.8 Å². The number of nitrogens with zero attached hydrogens (tertiary/aromatic N) is 3. The van der Waals surface area contributed by atoms with Crippen LogP contribution in [0.15, 0.2) is 24.4 Å². The van der Waals surface area contributed by atoms with E-state index in [1.807, 2.05) is 43.1 Å². The van der Waals surface area contributed by atoms with Crippen LogP contribution in [0, 0.1) is 0 Å². The first-order valence-electron chi connectivity index (χ1n) is 12.1. The van der Waals surface area contributed by atoms with Gasteiger partial charge in [-0.15, -0.1) is 0 Å². The zero-order chi connectivity index (χ0) is 23.6. The topological polar surface area (TPSA) is 37.7 Å². The van der Waals surface area contributed by atoms with Crippen LogP contribution in [0.5, 0.6) is 5.75 Å². The average Bonchev–Trinajstić information content (AvgIpc) is 3.16. The van der Waals surface area contributed by atoms with Gasteiger partial charge in [0.1, 0.15) is 5.75 Å². The third-order valence-corrected chi connectivity index (χ3v) is 5.71. The number of para-hydroxylation sites is 1. The lowest BCUT2D eigenvalue weighted by Gasteiger charge is -2.42. The zero-order valence-electron chi connectivity index (χ0n) is 21.4. The van der Waals surface area contributed by atoms with Gasteiger partial charge in [-0.3, -0.25) is 9.69 Å². The van der Waals surface area contributed by atoms with Gasteiger partial charge in [-0.25, -0.2) is 0 Å². The molecule has 5 heteroatoms. The highest BCUT2D eigenvalue weighted by Crippen LogP contribution is 2.31. The van der Waals surface area contributed by atoms with Gasteiger partial charge in [-0.2, -0.15) is 0 Å². The summed E-state index contributed by atoms with van der Waals surface area (Å²) in [5, 5.41) is 0.990. The van der Waals surface area contributed by atoms with Crippen LogP contribution in [0.3, 0.4) is 0 Å². The van der Waals surface area contributed by atoms with Gasteiger partial charge in [-0.05, 0) is 33.4 Å². The minimum Gasteiger partial charge on any atom is -0.495 e. The third kappa shape index (κ3) is 6.49. The summed E-state index contributed by atoms with van der Waals surface area (Å²) in [7, 11) is 3.83. The molecule has 0 N–H and O–H groups in total. The van der Waals surface area contributed by atoms with E-state index in [-0.39, 0.29) is 5.91 Å². The Bertz CT molecular complexity index is 787. The molecule has 1 saturated heterocycles. The van der Waals surface area contributed by atoms with Crippen molar-refractivity contribution in [3.8, 4) is 5.75 Å². The van der Waals surface area contributed by atoms with E-state index in [1.165, 1.54) is 6.42 Å². The summed E-state index contributed by atoms with van der Waals surface area (Å²) in [6.45, 7) is 17.2. The molecule has 3 rings (SSSR count). The van der Waals surface area contributed by atoms with Crippen LogP contribution < -0.4 is 4.74 Å². The second-order valence-corrected chi connectivity index (χ2v) is 8.23. The quantitative estimate of drug-likeness (QED) is 0.578.